The fraction of sp³-hybridized carbons (Fsp3) is 0.286. The van der Waals surface area contributed by atoms with Crippen molar-refractivity contribution in [2.75, 3.05) is 37.1 Å². The Balaban J connectivity index is 2.03. The van der Waals surface area contributed by atoms with Gasteiger partial charge in [0.25, 0.3) is 11.8 Å². The number of anilines is 2. The van der Waals surface area contributed by atoms with Gasteiger partial charge in [-0.1, -0.05) is 0 Å². The van der Waals surface area contributed by atoms with Gasteiger partial charge in [-0.15, -0.1) is 0 Å². The summed E-state index contributed by atoms with van der Waals surface area (Å²) in [6, 6.07) is 7.28. The van der Waals surface area contributed by atoms with Gasteiger partial charge in [-0.2, -0.15) is 0 Å². The van der Waals surface area contributed by atoms with Crippen LogP contribution in [0.3, 0.4) is 0 Å². The molecule has 1 aromatic heterocycles. The third-order valence-electron chi connectivity index (χ3n) is 4.22. The summed E-state index contributed by atoms with van der Waals surface area (Å²) in [5.74, 6) is 0.0388. The van der Waals surface area contributed by atoms with E-state index in [4.69, 9.17) is 13.9 Å². The molecular formula is C21H23N3O6. The largest absolute Gasteiger partial charge is 0.494 e. The molecule has 0 bridgehead atoms. The van der Waals surface area contributed by atoms with Gasteiger partial charge in [-0.25, -0.2) is 9.69 Å². The molecule has 1 fully saturated rings. The van der Waals surface area contributed by atoms with Crippen LogP contribution in [0.1, 0.15) is 19.6 Å². The third kappa shape index (κ3) is 4.14. The van der Waals surface area contributed by atoms with Gasteiger partial charge in [0.1, 0.15) is 22.8 Å². The van der Waals surface area contributed by atoms with Crippen LogP contribution in [-0.4, -0.2) is 45.2 Å². The maximum atomic E-state index is 13.1. The number of rotatable bonds is 7. The molecule has 1 aromatic carbocycles. The summed E-state index contributed by atoms with van der Waals surface area (Å²) in [6.45, 7) is 4.34. The van der Waals surface area contributed by atoms with Crippen LogP contribution in [0.5, 0.6) is 11.5 Å². The topological polar surface area (TPSA) is 101 Å². The summed E-state index contributed by atoms with van der Waals surface area (Å²) >= 11 is 0. The minimum absolute atomic E-state index is 0.178. The Bertz CT molecular complexity index is 1010. The summed E-state index contributed by atoms with van der Waals surface area (Å²) in [6.07, 6.45) is 1.30. The van der Waals surface area contributed by atoms with E-state index in [1.807, 2.05) is 6.92 Å². The number of urea groups is 1. The van der Waals surface area contributed by atoms with Crippen LogP contribution in [0.2, 0.25) is 0 Å². The number of barbiturate groups is 1. The molecule has 9 heteroatoms. The van der Waals surface area contributed by atoms with Crippen LogP contribution < -0.4 is 24.6 Å². The Hall–Kier alpha value is -3.75. The second kappa shape index (κ2) is 8.73. The predicted octanol–water partition coefficient (Wildman–Crippen LogP) is 2.81. The number of benzene rings is 1. The monoisotopic (exact) mass is 413 g/mol. The van der Waals surface area contributed by atoms with Crippen molar-refractivity contribution < 1.29 is 28.3 Å². The van der Waals surface area contributed by atoms with E-state index >= 15 is 0 Å². The van der Waals surface area contributed by atoms with Crippen LogP contribution in [-0.2, 0) is 9.59 Å². The van der Waals surface area contributed by atoms with Crippen LogP contribution >= 0.6 is 0 Å². The molecule has 0 spiro atoms. The molecule has 1 aliphatic rings. The second-order valence-electron chi connectivity index (χ2n) is 6.52. The molecule has 0 saturated carbocycles. The van der Waals surface area contributed by atoms with Crippen LogP contribution in [0.25, 0.3) is 6.08 Å². The Labute approximate surface area is 173 Å². The third-order valence-corrected chi connectivity index (χ3v) is 4.22. The van der Waals surface area contributed by atoms with Crippen molar-refractivity contribution in [3.63, 3.8) is 0 Å². The minimum atomic E-state index is -0.870. The highest BCUT2D eigenvalue weighted by Crippen LogP contribution is 2.35. The number of ether oxygens (including phenoxy) is 2. The van der Waals surface area contributed by atoms with E-state index in [1.165, 1.54) is 12.1 Å². The lowest BCUT2D eigenvalue weighted by atomic mass is 10.1. The van der Waals surface area contributed by atoms with Crippen LogP contribution in [0, 0.1) is 0 Å². The molecule has 158 valence electrons. The van der Waals surface area contributed by atoms with Crippen molar-refractivity contribution in [1.82, 2.24) is 5.32 Å². The number of nitrogens with one attached hydrogen (secondary N) is 1. The smallest absolute Gasteiger partial charge is 0.336 e. The van der Waals surface area contributed by atoms with Crippen molar-refractivity contribution in [3.8, 4) is 11.5 Å². The van der Waals surface area contributed by atoms with E-state index in [9.17, 15) is 14.4 Å². The zero-order valence-electron chi connectivity index (χ0n) is 17.2. The van der Waals surface area contributed by atoms with Crippen molar-refractivity contribution in [2.24, 2.45) is 0 Å². The van der Waals surface area contributed by atoms with Gasteiger partial charge in [-0.3, -0.25) is 14.9 Å². The first kappa shape index (κ1) is 21.0. The highest BCUT2D eigenvalue weighted by atomic mass is 16.5. The average molecular weight is 413 g/mol. The van der Waals surface area contributed by atoms with E-state index < -0.39 is 17.8 Å². The molecule has 0 aliphatic carbocycles. The van der Waals surface area contributed by atoms with Crippen molar-refractivity contribution >= 4 is 35.5 Å². The van der Waals surface area contributed by atoms with Gasteiger partial charge in [-0.05, 0) is 38.1 Å². The number of amides is 4. The zero-order chi connectivity index (χ0) is 21.8. The second-order valence-corrected chi connectivity index (χ2v) is 6.52. The van der Waals surface area contributed by atoms with Crippen LogP contribution in [0.4, 0.5) is 16.4 Å². The Kier molecular flexibility index (Phi) is 6.10. The maximum Gasteiger partial charge on any atom is 0.336 e. The van der Waals surface area contributed by atoms with Gasteiger partial charge in [0, 0.05) is 26.2 Å². The highest BCUT2D eigenvalue weighted by molar-refractivity contribution is 6.39. The lowest BCUT2D eigenvalue weighted by Gasteiger charge is -2.28. The molecule has 2 aromatic rings. The van der Waals surface area contributed by atoms with Gasteiger partial charge in [0.2, 0.25) is 0 Å². The summed E-state index contributed by atoms with van der Waals surface area (Å²) in [5, 5.41) is 2.19. The average Bonchev–Trinajstić information content (AvgIpc) is 3.16. The molecule has 30 heavy (non-hydrogen) atoms. The number of hydrogen-bond acceptors (Lipinski definition) is 7. The van der Waals surface area contributed by atoms with E-state index in [-0.39, 0.29) is 11.3 Å². The minimum Gasteiger partial charge on any atom is -0.494 e. The van der Waals surface area contributed by atoms with E-state index in [0.29, 0.717) is 36.4 Å². The fourth-order valence-electron chi connectivity index (χ4n) is 2.88. The van der Waals surface area contributed by atoms with Gasteiger partial charge < -0.3 is 18.8 Å². The van der Waals surface area contributed by atoms with E-state index in [1.54, 1.807) is 50.2 Å². The molecule has 0 unspecified atom stereocenters. The Morgan fingerprint density at radius 2 is 1.80 bits per heavy atom. The molecule has 1 saturated heterocycles. The van der Waals surface area contributed by atoms with Gasteiger partial charge >= 0.3 is 6.03 Å². The predicted molar refractivity (Wildman–Crippen MR) is 111 cm³/mol. The standard InChI is InChI=1S/C21H23N3O6/c1-5-28-13-7-9-17(29-6-2)16(12-13)24-20(26)15(19(25)22-21(24)27)11-14-8-10-18(30-14)23(3)4/h7-12H,5-6H2,1-4H3,(H,22,25,27). The first-order chi connectivity index (χ1) is 14.3. The zero-order valence-corrected chi connectivity index (χ0v) is 17.2. The Morgan fingerprint density at radius 3 is 2.43 bits per heavy atom. The molecule has 1 aliphatic heterocycles. The van der Waals surface area contributed by atoms with Gasteiger partial charge in [0.05, 0.1) is 18.9 Å². The summed E-state index contributed by atoms with van der Waals surface area (Å²) in [7, 11) is 3.60. The van der Waals surface area contributed by atoms with E-state index in [2.05, 4.69) is 5.32 Å². The van der Waals surface area contributed by atoms with Gasteiger partial charge in [0.15, 0.2) is 5.88 Å². The number of carbonyl (C=O) groups is 3. The molecule has 2 heterocycles. The molecule has 1 N–H and O–H groups in total. The number of furan rings is 1. The molecule has 4 amide bonds. The molecule has 3 rings (SSSR count). The highest BCUT2D eigenvalue weighted by Gasteiger charge is 2.38. The lowest BCUT2D eigenvalue weighted by molar-refractivity contribution is -0.122. The fourth-order valence-corrected chi connectivity index (χ4v) is 2.88. The first-order valence-electron chi connectivity index (χ1n) is 9.44. The number of hydrogen-bond donors (Lipinski definition) is 1. The van der Waals surface area contributed by atoms with Crippen LogP contribution in [0.15, 0.2) is 40.3 Å². The maximum absolute atomic E-state index is 13.1. The summed E-state index contributed by atoms with van der Waals surface area (Å²) in [5.41, 5.74) is -0.0596. The molecule has 0 radical (unpaired) electrons. The molecule has 0 atom stereocenters. The van der Waals surface area contributed by atoms with Crippen molar-refractivity contribution in [2.45, 2.75) is 13.8 Å². The SMILES string of the molecule is CCOc1ccc(OCC)c(N2C(=O)NC(=O)C(=Cc3ccc(N(C)C)o3)C2=O)c1. The lowest BCUT2D eigenvalue weighted by Crippen LogP contribution is -2.54. The van der Waals surface area contributed by atoms with Crippen molar-refractivity contribution in [1.29, 1.82) is 0 Å². The normalized spacial score (nSPS) is 15.4. The molecule has 9 nitrogen and oxygen atoms in total. The number of nitrogens with zero attached hydrogens (tertiary/aromatic N) is 2. The summed E-state index contributed by atoms with van der Waals surface area (Å²) < 4.78 is 16.7. The number of imide groups is 2. The first-order valence-corrected chi connectivity index (χ1v) is 9.44. The Morgan fingerprint density at radius 1 is 1.07 bits per heavy atom. The number of carbonyl (C=O) groups excluding carboxylic acids is 3. The quantitative estimate of drug-likeness (QED) is 0.550. The summed E-state index contributed by atoms with van der Waals surface area (Å²) in [4.78, 5) is 40.7. The van der Waals surface area contributed by atoms with Crippen molar-refractivity contribution in [3.05, 3.63) is 41.7 Å². The molecular weight excluding hydrogens is 390 g/mol. The van der Waals surface area contributed by atoms with E-state index in [0.717, 1.165) is 4.90 Å².